The predicted octanol–water partition coefficient (Wildman–Crippen LogP) is 2.29. The molecule has 0 aliphatic carbocycles. The van der Waals surface area contributed by atoms with Gasteiger partial charge in [-0.25, -0.2) is 0 Å². The molecule has 1 aromatic rings. The highest BCUT2D eigenvalue weighted by molar-refractivity contribution is 5.98. The van der Waals surface area contributed by atoms with E-state index in [-0.39, 0.29) is 5.57 Å². The number of carbonyl (C=O) groups excluding carboxylic acids is 1. The fraction of sp³-hybridized carbons (Fsp3) is 0.267. The molecule has 0 saturated heterocycles. The quantitative estimate of drug-likeness (QED) is 0.650. The Kier molecular flexibility index (Phi) is 4.88. The van der Waals surface area contributed by atoms with Gasteiger partial charge in [-0.3, -0.25) is 4.79 Å². The van der Waals surface area contributed by atoms with E-state index in [9.17, 15) is 4.79 Å². The molecular formula is C15H16N4O. The Morgan fingerprint density at radius 1 is 1.25 bits per heavy atom. The number of nitriles is 2. The van der Waals surface area contributed by atoms with E-state index in [0.29, 0.717) is 11.3 Å². The number of nitrogens with one attached hydrogen (secondary N) is 2. The molecule has 102 valence electrons. The van der Waals surface area contributed by atoms with Gasteiger partial charge in [-0.2, -0.15) is 10.5 Å². The summed E-state index contributed by atoms with van der Waals surface area (Å²) in [6.07, 6.45) is 1.30. The lowest BCUT2D eigenvalue weighted by atomic mass is 10.1. The van der Waals surface area contributed by atoms with Crippen molar-refractivity contribution in [3.05, 3.63) is 41.6 Å². The zero-order valence-corrected chi connectivity index (χ0v) is 11.7. The summed E-state index contributed by atoms with van der Waals surface area (Å²) >= 11 is 0. The van der Waals surface area contributed by atoms with Crippen molar-refractivity contribution < 1.29 is 4.79 Å². The van der Waals surface area contributed by atoms with Crippen LogP contribution in [0.2, 0.25) is 0 Å². The Balaban J connectivity index is 2.90. The second kappa shape index (κ2) is 6.40. The Bertz CT molecular complexity index is 612. The molecule has 0 spiro atoms. The molecular weight excluding hydrogens is 252 g/mol. The molecule has 0 saturated carbocycles. The molecule has 1 rings (SSSR count). The molecule has 1 amide bonds. The first-order valence-electron chi connectivity index (χ1n) is 6.06. The van der Waals surface area contributed by atoms with Crippen molar-refractivity contribution in [1.82, 2.24) is 5.32 Å². The number of nitrogens with zero attached hydrogens (tertiary/aromatic N) is 2. The summed E-state index contributed by atoms with van der Waals surface area (Å²) < 4.78 is 0. The average molecular weight is 268 g/mol. The van der Waals surface area contributed by atoms with Crippen LogP contribution in [0.3, 0.4) is 0 Å². The number of para-hydroxylation sites is 1. The van der Waals surface area contributed by atoms with Gasteiger partial charge < -0.3 is 10.6 Å². The first-order valence-corrected chi connectivity index (χ1v) is 6.06. The van der Waals surface area contributed by atoms with E-state index in [2.05, 4.69) is 10.6 Å². The van der Waals surface area contributed by atoms with Gasteiger partial charge in [0, 0.05) is 11.7 Å². The number of amides is 1. The molecule has 0 aromatic heterocycles. The third-order valence-electron chi connectivity index (χ3n) is 2.27. The van der Waals surface area contributed by atoms with Crippen molar-refractivity contribution in [3.8, 4) is 12.1 Å². The maximum absolute atomic E-state index is 11.9. The lowest BCUT2D eigenvalue weighted by Crippen LogP contribution is -2.41. The van der Waals surface area contributed by atoms with Crippen LogP contribution < -0.4 is 10.6 Å². The standard InChI is InChI=1S/C15H16N4O/c1-15(2,3)19-14(20)12(9-17)10-18-13-7-5-4-6-11(13)8-16/h4-7,10,18H,1-3H3,(H,19,20)/b12-10-. The highest BCUT2D eigenvalue weighted by atomic mass is 16.1. The number of benzene rings is 1. The molecule has 1 aromatic carbocycles. The average Bonchev–Trinajstić information content (AvgIpc) is 2.37. The summed E-state index contributed by atoms with van der Waals surface area (Å²) in [7, 11) is 0. The van der Waals surface area contributed by atoms with E-state index < -0.39 is 11.4 Å². The van der Waals surface area contributed by atoms with Crippen LogP contribution in [0.1, 0.15) is 26.3 Å². The van der Waals surface area contributed by atoms with Gasteiger partial charge in [0.1, 0.15) is 17.7 Å². The summed E-state index contributed by atoms with van der Waals surface area (Å²) in [6.45, 7) is 5.49. The van der Waals surface area contributed by atoms with Gasteiger partial charge in [0.05, 0.1) is 11.3 Å². The van der Waals surface area contributed by atoms with Crippen LogP contribution >= 0.6 is 0 Å². The maximum atomic E-state index is 11.9. The van der Waals surface area contributed by atoms with Gasteiger partial charge in [0.15, 0.2) is 0 Å². The maximum Gasteiger partial charge on any atom is 0.263 e. The number of hydrogen-bond donors (Lipinski definition) is 2. The first-order chi connectivity index (χ1) is 9.37. The van der Waals surface area contributed by atoms with Crippen molar-refractivity contribution in [1.29, 1.82) is 10.5 Å². The van der Waals surface area contributed by atoms with Crippen LogP contribution in [0.25, 0.3) is 0 Å². The van der Waals surface area contributed by atoms with E-state index in [4.69, 9.17) is 10.5 Å². The minimum absolute atomic E-state index is 0.0485. The highest BCUT2D eigenvalue weighted by Crippen LogP contribution is 2.14. The number of anilines is 1. The van der Waals surface area contributed by atoms with Crippen molar-refractivity contribution in [2.75, 3.05) is 5.32 Å². The van der Waals surface area contributed by atoms with Gasteiger partial charge >= 0.3 is 0 Å². The smallest absolute Gasteiger partial charge is 0.263 e. The Morgan fingerprint density at radius 2 is 1.90 bits per heavy atom. The fourth-order valence-corrected chi connectivity index (χ4v) is 1.41. The monoisotopic (exact) mass is 268 g/mol. The largest absolute Gasteiger partial charge is 0.359 e. The number of hydrogen-bond acceptors (Lipinski definition) is 4. The van der Waals surface area contributed by atoms with Crippen LogP contribution in [-0.2, 0) is 4.79 Å². The van der Waals surface area contributed by atoms with Crippen molar-refractivity contribution >= 4 is 11.6 Å². The SMILES string of the molecule is CC(C)(C)NC(=O)/C(C#N)=C\Nc1ccccc1C#N. The molecule has 0 bridgehead atoms. The van der Waals surface area contributed by atoms with Gasteiger partial charge in [-0.1, -0.05) is 12.1 Å². The molecule has 0 fully saturated rings. The highest BCUT2D eigenvalue weighted by Gasteiger charge is 2.17. The van der Waals surface area contributed by atoms with Gasteiger partial charge in [0.2, 0.25) is 0 Å². The third-order valence-corrected chi connectivity index (χ3v) is 2.27. The van der Waals surface area contributed by atoms with Crippen LogP contribution in [0, 0.1) is 22.7 Å². The predicted molar refractivity (Wildman–Crippen MR) is 76.4 cm³/mol. The summed E-state index contributed by atoms with van der Waals surface area (Å²) in [5, 5.41) is 23.5. The van der Waals surface area contributed by atoms with E-state index in [1.54, 1.807) is 24.3 Å². The molecule has 5 nitrogen and oxygen atoms in total. The summed E-state index contributed by atoms with van der Waals surface area (Å²) in [5.41, 5.74) is 0.522. The van der Waals surface area contributed by atoms with Crippen LogP contribution in [0.15, 0.2) is 36.0 Å². The Morgan fingerprint density at radius 3 is 2.45 bits per heavy atom. The molecule has 2 N–H and O–H groups in total. The third kappa shape index (κ3) is 4.47. The molecule has 0 heterocycles. The topological polar surface area (TPSA) is 88.7 Å². The Labute approximate surface area is 118 Å². The number of carbonyl (C=O) groups is 1. The van der Waals surface area contributed by atoms with Gasteiger partial charge in [0.25, 0.3) is 5.91 Å². The van der Waals surface area contributed by atoms with E-state index in [1.807, 2.05) is 32.9 Å². The van der Waals surface area contributed by atoms with Gasteiger partial charge in [-0.15, -0.1) is 0 Å². The van der Waals surface area contributed by atoms with E-state index >= 15 is 0 Å². The lowest BCUT2D eigenvalue weighted by molar-refractivity contribution is -0.118. The summed E-state index contributed by atoms with van der Waals surface area (Å²) in [5.74, 6) is -0.457. The van der Waals surface area contributed by atoms with Crippen LogP contribution in [0.5, 0.6) is 0 Å². The molecule has 0 aliphatic heterocycles. The summed E-state index contributed by atoms with van der Waals surface area (Å²) in [4.78, 5) is 11.9. The molecule has 0 aliphatic rings. The zero-order valence-electron chi connectivity index (χ0n) is 11.7. The Hall–Kier alpha value is -2.79. The number of rotatable bonds is 3. The van der Waals surface area contributed by atoms with E-state index in [1.165, 1.54) is 6.20 Å². The van der Waals surface area contributed by atoms with Crippen molar-refractivity contribution in [2.45, 2.75) is 26.3 Å². The molecule has 5 heteroatoms. The second-order valence-corrected chi connectivity index (χ2v) is 5.18. The first kappa shape index (κ1) is 15.3. The van der Waals surface area contributed by atoms with Crippen LogP contribution in [-0.4, -0.2) is 11.4 Å². The normalized spacial score (nSPS) is 11.2. The van der Waals surface area contributed by atoms with Gasteiger partial charge in [-0.05, 0) is 32.9 Å². The van der Waals surface area contributed by atoms with Crippen LogP contribution in [0.4, 0.5) is 5.69 Å². The fourth-order valence-electron chi connectivity index (χ4n) is 1.41. The minimum Gasteiger partial charge on any atom is -0.359 e. The van der Waals surface area contributed by atoms with Crippen molar-refractivity contribution in [3.63, 3.8) is 0 Å². The van der Waals surface area contributed by atoms with Crippen molar-refractivity contribution in [2.24, 2.45) is 0 Å². The molecule has 0 atom stereocenters. The van der Waals surface area contributed by atoms with E-state index in [0.717, 1.165) is 0 Å². The lowest BCUT2D eigenvalue weighted by Gasteiger charge is -2.20. The zero-order chi connectivity index (χ0) is 15.2. The molecule has 0 unspecified atom stereocenters. The molecule has 0 radical (unpaired) electrons. The minimum atomic E-state index is -0.457. The second-order valence-electron chi connectivity index (χ2n) is 5.18. The summed E-state index contributed by atoms with van der Waals surface area (Å²) in [6, 6.07) is 10.7. The molecule has 20 heavy (non-hydrogen) atoms.